The van der Waals surface area contributed by atoms with Crippen molar-refractivity contribution in [1.29, 1.82) is 0 Å². The van der Waals surface area contributed by atoms with Crippen molar-refractivity contribution in [2.75, 3.05) is 38.5 Å². The van der Waals surface area contributed by atoms with Crippen LogP contribution in [-0.2, 0) is 9.53 Å². The molecule has 0 fully saturated rings. The van der Waals surface area contributed by atoms with Crippen LogP contribution in [0.1, 0.15) is 21.5 Å². The average molecular weight is 372 g/mol. The van der Waals surface area contributed by atoms with Crippen LogP contribution in [-0.4, -0.2) is 39.8 Å². The summed E-state index contributed by atoms with van der Waals surface area (Å²) < 4.78 is 15.3. The molecule has 0 aromatic heterocycles. The number of anilines is 2. The molecule has 144 valence electrons. The van der Waals surface area contributed by atoms with E-state index >= 15 is 0 Å². The molecule has 2 N–H and O–H groups in total. The van der Waals surface area contributed by atoms with Crippen molar-refractivity contribution in [2.24, 2.45) is 0 Å². The Bertz CT molecular complexity index is 828. The number of hydrogen-bond acceptors (Lipinski definition) is 6. The second-order valence-corrected chi connectivity index (χ2v) is 5.91. The fraction of sp³-hybridized carbons (Fsp3) is 0.300. The molecule has 0 saturated heterocycles. The number of amides is 1. The van der Waals surface area contributed by atoms with E-state index in [0.717, 1.165) is 16.8 Å². The van der Waals surface area contributed by atoms with Crippen molar-refractivity contribution >= 4 is 23.3 Å². The third kappa shape index (κ3) is 4.69. The van der Waals surface area contributed by atoms with Gasteiger partial charge in [-0.25, -0.2) is 4.79 Å². The van der Waals surface area contributed by atoms with E-state index < -0.39 is 5.97 Å². The Kier molecular flexibility index (Phi) is 6.65. The monoisotopic (exact) mass is 372 g/mol. The zero-order valence-corrected chi connectivity index (χ0v) is 16.1. The molecule has 0 aliphatic rings. The maximum absolute atomic E-state index is 12.4. The van der Waals surface area contributed by atoms with Gasteiger partial charge in [0.25, 0.3) is 0 Å². The molecule has 0 saturated carbocycles. The highest BCUT2D eigenvalue weighted by molar-refractivity contribution is 5.99. The van der Waals surface area contributed by atoms with E-state index in [1.807, 2.05) is 32.0 Å². The quantitative estimate of drug-likeness (QED) is 0.726. The SMILES string of the molecule is COC(=O)c1cc(OC)c(OC)cc1NCC(=O)Nc1c(C)cccc1C. The molecule has 7 nitrogen and oxygen atoms in total. The minimum atomic E-state index is -0.548. The molecular weight excluding hydrogens is 348 g/mol. The minimum absolute atomic E-state index is 0.0345. The Balaban J connectivity index is 2.20. The first kappa shape index (κ1) is 20.1. The molecule has 7 heteroatoms. The molecule has 0 aliphatic heterocycles. The fourth-order valence-electron chi connectivity index (χ4n) is 2.67. The third-order valence-corrected chi connectivity index (χ3v) is 4.11. The summed E-state index contributed by atoms with van der Waals surface area (Å²) in [4.78, 5) is 24.4. The smallest absolute Gasteiger partial charge is 0.340 e. The van der Waals surface area contributed by atoms with Gasteiger partial charge in [-0.1, -0.05) is 18.2 Å². The summed E-state index contributed by atoms with van der Waals surface area (Å²) in [5, 5.41) is 5.85. The second-order valence-electron chi connectivity index (χ2n) is 5.91. The van der Waals surface area contributed by atoms with Gasteiger partial charge in [-0.2, -0.15) is 0 Å². The number of carbonyl (C=O) groups excluding carboxylic acids is 2. The second kappa shape index (κ2) is 8.93. The summed E-state index contributed by atoms with van der Waals surface area (Å²) >= 11 is 0. The Hall–Kier alpha value is -3.22. The number of nitrogens with one attached hydrogen (secondary N) is 2. The predicted octanol–water partition coefficient (Wildman–Crippen LogP) is 3.16. The van der Waals surface area contributed by atoms with Crippen molar-refractivity contribution in [3.63, 3.8) is 0 Å². The van der Waals surface area contributed by atoms with Crippen molar-refractivity contribution in [2.45, 2.75) is 13.8 Å². The van der Waals surface area contributed by atoms with E-state index in [1.165, 1.54) is 27.4 Å². The molecule has 0 heterocycles. The maximum atomic E-state index is 12.4. The van der Waals surface area contributed by atoms with Crippen LogP contribution < -0.4 is 20.1 Å². The van der Waals surface area contributed by atoms with Crippen LogP contribution in [0.25, 0.3) is 0 Å². The van der Waals surface area contributed by atoms with Crippen molar-refractivity contribution in [3.05, 3.63) is 47.0 Å². The van der Waals surface area contributed by atoms with Gasteiger partial charge in [-0.15, -0.1) is 0 Å². The van der Waals surface area contributed by atoms with E-state index in [4.69, 9.17) is 14.2 Å². The van der Waals surface area contributed by atoms with Gasteiger partial charge < -0.3 is 24.8 Å². The zero-order valence-electron chi connectivity index (χ0n) is 16.1. The van der Waals surface area contributed by atoms with Crippen molar-refractivity contribution < 1.29 is 23.8 Å². The third-order valence-electron chi connectivity index (χ3n) is 4.11. The van der Waals surface area contributed by atoms with Crippen LogP contribution in [0, 0.1) is 13.8 Å². The van der Waals surface area contributed by atoms with Gasteiger partial charge in [0, 0.05) is 17.8 Å². The number of para-hydroxylation sites is 1. The van der Waals surface area contributed by atoms with Gasteiger partial charge >= 0.3 is 5.97 Å². The van der Waals surface area contributed by atoms with Gasteiger partial charge in [0.05, 0.1) is 39.1 Å². The molecule has 0 atom stereocenters. The molecule has 2 aromatic rings. The topological polar surface area (TPSA) is 85.9 Å². The Morgan fingerprint density at radius 2 is 1.56 bits per heavy atom. The van der Waals surface area contributed by atoms with Gasteiger partial charge in [0.2, 0.25) is 5.91 Å². The first-order valence-electron chi connectivity index (χ1n) is 8.35. The van der Waals surface area contributed by atoms with E-state index in [2.05, 4.69) is 10.6 Å². The fourth-order valence-corrected chi connectivity index (χ4v) is 2.67. The first-order chi connectivity index (χ1) is 12.9. The van der Waals surface area contributed by atoms with Crippen molar-refractivity contribution in [3.8, 4) is 11.5 Å². The molecule has 0 unspecified atom stereocenters. The minimum Gasteiger partial charge on any atom is -0.493 e. The average Bonchev–Trinajstić information content (AvgIpc) is 2.67. The molecule has 2 rings (SSSR count). The Morgan fingerprint density at radius 3 is 2.11 bits per heavy atom. The molecule has 27 heavy (non-hydrogen) atoms. The van der Waals surface area contributed by atoms with Crippen molar-refractivity contribution in [1.82, 2.24) is 0 Å². The largest absolute Gasteiger partial charge is 0.493 e. The molecule has 2 aromatic carbocycles. The molecule has 0 bridgehead atoms. The molecule has 1 amide bonds. The predicted molar refractivity (Wildman–Crippen MR) is 104 cm³/mol. The molecule has 0 radical (unpaired) electrons. The number of esters is 1. The number of methoxy groups -OCH3 is 3. The highest BCUT2D eigenvalue weighted by Gasteiger charge is 2.18. The lowest BCUT2D eigenvalue weighted by Crippen LogP contribution is -2.23. The highest BCUT2D eigenvalue weighted by atomic mass is 16.5. The summed E-state index contributed by atoms with van der Waals surface area (Å²) in [5.74, 6) is 0.0397. The lowest BCUT2D eigenvalue weighted by atomic mass is 10.1. The summed E-state index contributed by atoms with van der Waals surface area (Å²) in [5.41, 5.74) is 3.39. The van der Waals surface area contributed by atoms with E-state index in [-0.39, 0.29) is 18.0 Å². The van der Waals surface area contributed by atoms with Gasteiger partial charge in [0.15, 0.2) is 11.5 Å². The summed E-state index contributed by atoms with van der Waals surface area (Å²) in [6.07, 6.45) is 0. The van der Waals surface area contributed by atoms with Crippen LogP contribution in [0.5, 0.6) is 11.5 Å². The van der Waals surface area contributed by atoms with E-state index in [1.54, 1.807) is 6.07 Å². The van der Waals surface area contributed by atoms with Crippen LogP contribution in [0.2, 0.25) is 0 Å². The van der Waals surface area contributed by atoms with Crippen LogP contribution >= 0.6 is 0 Å². The van der Waals surface area contributed by atoms with Crippen LogP contribution in [0.4, 0.5) is 11.4 Å². The summed E-state index contributed by atoms with van der Waals surface area (Å²) in [7, 11) is 4.26. The van der Waals surface area contributed by atoms with E-state index in [9.17, 15) is 9.59 Å². The lowest BCUT2D eigenvalue weighted by molar-refractivity contribution is -0.114. The molecular formula is C20H24N2O5. The highest BCUT2D eigenvalue weighted by Crippen LogP contribution is 2.33. The number of ether oxygens (including phenoxy) is 3. The molecule has 0 spiro atoms. The van der Waals surface area contributed by atoms with Crippen LogP contribution in [0.3, 0.4) is 0 Å². The van der Waals surface area contributed by atoms with Gasteiger partial charge in [0.1, 0.15) is 0 Å². The number of carbonyl (C=O) groups is 2. The Labute approximate surface area is 158 Å². The first-order valence-corrected chi connectivity index (χ1v) is 8.35. The normalized spacial score (nSPS) is 10.1. The number of hydrogen-bond donors (Lipinski definition) is 2. The van der Waals surface area contributed by atoms with E-state index in [0.29, 0.717) is 17.2 Å². The maximum Gasteiger partial charge on any atom is 0.340 e. The van der Waals surface area contributed by atoms with Crippen LogP contribution in [0.15, 0.2) is 30.3 Å². The summed E-state index contributed by atoms with van der Waals surface area (Å²) in [6.45, 7) is 3.83. The standard InChI is InChI=1S/C20H24N2O5/c1-12-7-6-8-13(2)19(12)22-18(23)11-21-15-10-17(26-4)16(25-3)9-14(15)20(24)27-5/h6-10,21H,11H2,1-5H3,(H,22,23). The summed E-state index contributed by atoms with van der Waals surface area (Å²) in [6, 6.07) is 8.90. The zero-order chi connectivity index (χ0) is 20.0. The number of benzene rings is 2. The van der Waals surface area contributed by atoms with Gasteiger partial charge in [-0.3, -0.25) is 4.79 Å². The molecule has 0 aliphatic carbocycles. The lowest BCUT2D eigenvalue weighted by Gasteiger charge is -2.16. The Morgan fingerprint density at radius 1 is 0.963 bits per heavy atom. The van der Waals surface area contributed by atoms with Gasteiger partial charge in [-0.05, 0) is 25.0 Å². The number of rotatable bonds is 7. The number of aryl methyl sites for hydroxylation is 2.